The van der Waals surface area contributed by atoms with Gasteiger partial charge >= 0.3 is 0 Å². The monoisotopic (exact) mass is 266 g/mol. The average Bonchev–Trinajstić information content (AvgIpc) is 2.48. The summed E-state index contributed by atoms with van der Waals surface area (Å²) in [6.45, 7) is 2.44. The highest BCUT2D eigenvalue weighted by atomic mass is 16.5. The van der Waals surface area contributed by atoms with Gasteiger partial charge in [-0.1, -0.05) is 12.1 Å². The number of carbonyl (C=O) groups excluding carboxylic acids is 1. The van der Waals surface area contributed by atoms with Crippen LogP contribution in [0.15, 0.2) is 48.5 Å². The molecule has 4 heteroatoms. The van der Waals surface area contributed by atoms with Crippen LogP contribution in [0.4, 0.5) is 5.69 Å². The topological polar surface area (TPSA) is 62.1 Å². The molecule has 2 aromatic carbocycles. The fourth-order valence-electron chi connectivity index (χ4n) is 1.76. The fourth-order valence-corrected chi connectivity index (χ4v) is 1.76. The summed E-state index contributed by atoms with van der Waals surface area (Å²) in [5.41, 5.74) is 1.61. The van der Waals surface area contributed by atoms with Gasteiger partial charge in [-0.25, -0.2) is 0 Å². The summed E-state index contributed by atoms with van der Waals surface area (Å²) in [5.74, 6) is 0.424. The van der Waals surface area contributed by atoms with Crippen LogP contribution >= 0.6 is 0 Å². The zero-order valence-corrected chi connectivity index (χ0v) is 11.1. The summed E-state index contributed by atoms with van der Waals surface area (Å²) >= 11 is 0. The number of hydrogen-bond donors (Lipinski definition) is 1. The lowest BCUT2D eigenvalue weighted by atomic mass is 10.2. The van der Waals surface area contributed by atoms with Crippen LogP contribution in [0.2, 0.25) is 0 Å². The number of anilines is 1. The van der Waals surface area contributed by atoms with Gasteiger partial charge in [0.25, 0.3) is 5.91 Å². The van der Waals surface area contributed by atoms with Crippen molar-refractivity contribution >= 4 is 11.6 Å². The van der Waals surface area contributed by atoms with Gasteiger partial charge in [-0.15, -0.1) is 0 Å². The van der Waals surface area contributed by atoms with E-state index in [1.54, 1.807) is 48.5 Å². The Morgan fingerprint density at radius 3 is 2.80 bits per heavy atom. The van der Waals surface area contributed by atoms with Gasteiger partial charge < -0.3 is 10.1 Å². The van der Waals surface area contributed by atoms with Gasteiger partial charge in [-0.3, -0.25) is 4.79 Å². The highest BCUT2D eigenvalue weighted by Gasteiger charge is 2.07. The van der Waals surface area contributed by atoms with Crippen molar-refractivity contribution in [2.75, 3.05) is 11.9 Å². The molecule has 0 atom stereocenters. The lowest BCUT2D eigenvalue weighted by molar-refractivity contribution is 0.102. The lowest BCUT2D eigenvalue weighted by Crippen LogP contribution is -2.12. The molecule has 0 aliphatic rings. The Hall–Kier alpha value is -2.80. The van der Waals surface area contributed by atoms with Crippen LogP contribution in [-0.4, -0.2) is 12.5 Å². The molecule has 0 heterocycles. The Bertz CT molecular complexity index is 660. The van der Waals surface area contributed by atoms with Crippen molar-refractivity contribution in [3.05, 3.63) is 59.7 Å². The van der Waals surface area contributed by atoms with Crippen LogP contribution in [0, 0.1) is 11.3 Å². The molecular weight excluding hydrogens is 252 g/mol. The van der Waals surface area contributed by atoms with Crippen molar-refractivity contribution in [1.82, 2.24) is 0 Å². The number of amides is 1. The Kier molecular flexibility index (Phi) is 4.35. The molecule has 0 saturated carbocycles. The van der Waals surface area contributed by atoms with E-state index in [1.165, 1.54) is 0 Å². The van der Waals surface area contributed by atoms with Crippen LogP contribution in [-0.2, 0) is 0 Å². The van der Waals surface area contributed by atoms with Crippen molar-refractivity contribution < 1.29 is 9.53 Å². The van der Waals surface area contributed by atoms with Crippen molar-refractivity contribution in [3.8, 4) is 11.8 Å². The van der Waals surface area contributed by atoms with E-state index in [0.717, 1.165) is 0 Å². The van der Waals surface area contributed by atoms with Crippen molar-refractivity contribution in [3.63, 3.8) is 0 Å². The second-order valence-corrected chi connectivity index (χ2v) is 4.11. The van der Waals surface area contributed by atoms with E-state index in [2.05, 4.69) is 5.32 Å². The van der Waals surface area contributed by atoms with Gasteiger partial charge in [0.2, 0.25) is 0 Å². The summed E-state index contributed by atoms with van der Waals surface area (Å²) in [7, 11) is 0. The molecule has 0 spiro atoms. The molecule has 1 N–H and O–H groups in total. The zero-order valence-electron chi connectivity index (χ0n) is 11.1. The number of carbonyl (C=O) groups is 1. The van der Waals surface area contributed by atoms with Crippen LogP contribution in [0.5, 0.6) is 5.75 Å². The first-order valence-electron chi connectivity index (χ1n) is 6.27. The van der Waals surface area contributed by atoms with E-state index in [1.807, 2.05) is 13.0 Å². The Balaban J connectivity index is 2.15. The van der Waals surface area contributed by atoms with Gasteiger partial charge in [-0.05, 0) is 43.3 Å². The van der Waals surface area contributed by atoms with Gasteiger partial charge in [0.1, 0.15) is 5.75 Å². The maximum absolute atomic E-state index is 12.1. The number of nitrogens with zero attached hydrogens (tertiary/aromatic N) is 1. The van der Waals surface area contributed by atoms with Crippen LogP contribution in [0.1, 0.15) is 22.8 Å². The molecule has 0 bridgehead atoms. The first kappa shape index (κ1) is 13.6. The summed E-state index contributed by atoms with van der Waals surface area (Å²) in [6, 6.07) is 15.8. The molecule has 0 saturated heterocycles. The minimum Gasteiger partial charge on any atom is -0.494 e. The van der Waals surface area contributed by atoms with Crippen molar-refractivity contribution in [2.24, 2.45) is 0 Å². The zero-order chi connectivity index (χ0) is 14.4. The Labute approximate surface area is 117 Å². The van der Waals surface area contributed by atoms with Crippen molar-refractivity contribution in [2.45, 2.75) is 6.92 Å². The molecule has 2 rings (SSSR count). The summed E-state index contributed by atoms with van der Waals surface area (Å²) < 4.78 is 5.36. The minimum atomic E-state index is -0.235. The van der Waals surface area contributed by atoms with Crippen LogP contribution in [0.25, 0.3) is 0 Å². The fraction of sp³-hybridized carbons (Fsp3) is 0.125. The highest BCUT2D eigenvalue weighted by molar-refractivity contribution is 6.04. The number of nitrogens with one attached hydrogen (secondary N) is 1. The Morgan fingerprint density at radius 1 is 1.25 bits per heavy atom. The molecule has 20 heavy (non-hydrogen) atoms. The predicted octanol–water partition coefficient (Wildman–Crippen LogP) is 3.21. The van der Waals surface area contributed by atoms with E-state index < -0.39 is 0 Å². The molecule has 0 aromatic heterocycles. The van der Waals surface area contributed by atoms with E-state index in [9.17, 15) is 4.79 Å². The smallest absolute Gasteiger partial charge is 0.255 e. The van der Waals surface area contributed by atoms with E-state index in [4.69, 9.17) is 10.00 Å². The first-order valence-corrected chi connectivity index (χ1v) is 6.27. The largest absolute Gasteiger partial charge is 0.494 e. The van der Waals surface area contributed by atoms with Crippen LogP contribution in [0.3, 0.4) is 0 Å². The maximum Gasteiger partial charge on any atom is 0.255 e. The molecule has 1 amide bonds. The predicted molar refractivity (Wildman–Crippen MR) is 76.7 cm³/mol. The molecule has 0 fully saturated rings. The molecule has 4 nitrogen and oxygen atoms in total. The van der Waals surface area contributed by atoms with Gasteiger partial charge in [0.15, 0.2) is 0 Å². The number of nitriles is 1. The van der Waals surface area contributed by atoms with E-state index in [-0.39, 0.29) is 5.91 Å². The van der Waals surface area contributed by atoms with Gasteiger partial charge in [-0.2, -0.15) is 5.26 Å². The highest BCUT2D eigenvalue weighted by Crippen LogP contribution is 2.16. The molecule has 0 aliphatic heterocycles. The average molecular weight is 266 g/mol. The van der Waals surface area contributed by atoms with Crippen LogP contribution < -0.4 is 10.1 Å². The number of benzene rings is 2. The standard InChI is InChI=1S/C16H14N2O2/c1-2-20-15-8-4-6-13(10-15)16(19)18-14-7-3-5-12(9-14)11-17/h3-10H,2H2,1H3,(H,18,19). The number of hydrogen-bond acceptors (Lipinski definition) is 3. The third-order valence-corrected chi connectivity index (χ3v) is 2.66. The third kappa shape index (κ3) is 3.36. The molecule has 0 unspecified atom stereocenters. The second-order valence-electron chi connectivity index (χ2n) is 4.11. The summed E-state index contributed by atoms with van der Waals surface area (Å²) in [4.78, 5) is 12.1. The van der Waals surface area contributed by atoms with E-state index >= 15 is 0 Å². The SMILES string of the molecule is CCOc1cccc(C(=O)Nc2cccc(C#N)c2)c1. The number of ether oxygens (including phenoxy) is 1. The summed E-state index contributed by atoms with van der Waals surface area (Å²) in [6.07, 6.45) is 0. The molecule has 0 aliphatic carbocycles. The minimum absolute atomic E-state index is 0.235. The lowest BCUT2D eigenvalue weighted by Gasteiger charge is -2.07. The normalized spacial score (nSPS) is 9.60. The molecule has 0 radical (unpaired) electrons. The molecule has 100 valence electrons. The Morgan fingerprint density at radius 2 is 2.05 bits per heavy atom. The van der Waals surface area contributed by atoms with Crippen molar-refractivity contribution in [1.29, 1.82) is 5.26 Å². The van der Waals surface area contributed by atoms with Gasteiger partial charge in [0, 0.05) is 11.3 Å². The molecule has 2 aromatic rings. The first-order chi connectivity index (χ1) is 9.72. The number of rotatable bonds is 4. The summed E-state index contributed by atoms with van der Waals surface area (Å²) in [5, 5.41) is 11.6. The third-order valence-electron chi connectivity index (χ3n) is 2.66. The second kappa shape index (κ2) is 6.39. The van der Waals surface area contributed by atoms with E-state index in [0.29, 0.717) is 29.2 Å². The quantitative estimate of drug-likeness (QED) is 0.924. The molecular formula is C16H14N2O2. The van der Waals surface area contributed by atoms with Gasteiger partial charge in [0.05, 0.1) is 18.2 Å². The maximum atomic E-state index is 12.1.